The summed E-state index contributed by atoms with van der Waals surface area (Å²) in [4.78, 5) is 18.2. The smallest absolute Gasteiger partial charge is 0.320 e. The zero-order chi connectivity index (χ0) is 17.4. The van der Waals surface area contributed by atoms with E-state index in [1.807, 2.05) is 17.0 Å². The zero-order valence-corrected chi connectivity index (χ0v) is 14.5. The number of aromatic nitrogens is 2. The number of hydrogen-bond donors (Lipinski definition) is 1. The van der Waals surface area contributed by atoms with E-state index in [9.17, 15) is 9.90 Å². The van der Waals surface area contributed by atoms with Crippen molar-refractivity contribution in [1.82, 2.24) is 15.0 Å². The summed E-state index contributed by atoms with van der Waals surface area (Å²) in [5.74, 6) is 0.667. The van der Waals surface area contributed by atoms with Gasteiger partial charge in [-0.2, -0.15) is 4.98 Å². The van der Waals surface area contributed by atoms with Gasteiger partial charge in [-0.05, 0) is 49.4 Å². The van der Waals surface area contributed by atoms with Gasteiger partial charge in [-0.1, -0.05) is 29.6 Å². The molecule has 132 valence electrons. The third-order valence-corrected chi connectivity index (χ3v) is 5.65. The van der Waals surface area contributed by atoms with Gasteiger partial charge in [-0.15, -0.1) is 0 Å². The van der Waals surface area contributed by atoms with E-state index >= 15 is 0 Å². The maximum Gasteiger partial charge on any atom is 0.320 e. The average molecular weight is 362 g/mol. The van der Waals surface area contributed by atoms with Gasteiger partial charge in [0.2, 0.25) is 11.7 Å². The van der Waals surface area contributed by atoms with Gasteiger partial charge in [-0.25, -0.2) is 0 Å². The lowest BCUT2D eigenvalue weighted by Crippen LogP contribution is -2.41. The molecule has 1 N–H and O–H groups in total. The van der Waals surface area contributed by atoms with Crippen LogP contribution in [0, 0.1) is 5.92 Å². The number of hydrogen-bond acceptors (Lipinski definition) is 5. The van der Waals surface area contributed by atoms with Crippen molar-refractivity contribution in [2.24, 2.45) is 5.92 Å². The molecule has 2 aromatic rings. The molecule has 0 bridgehead atoms. The van der Waals surface area contributed by atoms with Gasteiger partial charge < -0.3 is 9.63 Å². The number of rotatable bonds is 4. The number of benzene rings is 1. The highest BCUT2D eigenvalue weighted by molar-refractivity contribution is 6.30. The lowest BCUT2D eigenvalue weighted by molar-refractivity contribution is -0.143. The van der Waals surface area contributed by atoms with E-state index in [0.29, 0.717) is 35.2 Å². The van der Waals surface area contributed by atoms with Crippen molar-refractivity contribution in [3.63, 3.8) is 0 Å². The summed E-state index contributed by atoms with van der Waals surface area (Å²) in [5, 5.41) is 14.3. The van der Waals surface area contributed by atoms with Gasteiger partial charge in [0, 0.05) is 16.6 Å². The second kappa shape index (κ2) is 6.77. The number of likely N-dealkylation sites (tertiary alicyclic amines) is 1. The third-order valence-electron chi connectivity index (χ3n) is 5.39. The minimum absolute atomic E-state index is 0.306. The molecule has 0 amide bonds. The Morgan fingerprint density at radius 3 is 2.80 bits per heavy atom. The molecular weight excluding hydrogens is 342 g/mol. The first-order valence-corrected chi connectivity index (χ1v) is 9.06. The van der Waals surface area contributed by atoms with E-state index in [0.717, 1.165) is 31.2 Å². The molecule has 2 heterocycles. The molecule has 1 saturated carbocycles. The first-order chi connectivity index (χ1) is 12.1. The van der Waals surface area contributed by atoms with Gasteiger partial charge in [0.1, 0.15) is 6.04 Å². The van der Waals surface area contributed by atoms with E-state index in [2.05, 4.69) is 10.1 Å². The van der Waals surface area contributed by atoms with Crippen molar-refractivity contribution in [1.29, 1.82) is 0 Å². The van der Waals surface area contributed by atoms with E-state index < -0.39 is 12.0 Å². The van der Waals surface area contributed by atoms with Gasteiger partial charge in [0.15, 0.2) is 0 Å². The van der Waals surface area contributed by atoms with Crippen LogP contribution in [-0.4, -0.2) is 38.2 Å². The number of nitrogens with zero attached hydrogens (tertiary/aromatic N) is 3. The Hall–Kier alpha value is -1.92. The van der Waals surface area contributed by atoms with E-state index in [1.54, 1.807) is 12.1 Å². The highest BCUT2D eigenvalue weighted by Crippen LogP contribution is 2.40. The largest absolute Gasteiger partial charge is 0.480 e. The molecule has 0 radical (unpaired) electrons. The molecule has 3 unspecified atom stereocenters. The SMILES string of the molecule is O=C(O)C1CC2CCCCC2N1Cc1nc(-c2ccc(Cl)cc2)no1. The summed E-state index contributed by atoms with van der Waals surface area (Å²) in [5.41, 5.74) is 0.825. The molecule has 7 heteroatoms. The van der Waals surface area contributed by atoms with Crippen LogP contribution in [0.15, 0.2) is 28.8 Å². The number of fused-ring (bicyclic) bond motifs is 1. The second-order valence-corrected chi connectivity index (χ2v) is 7.33. The standard InChI is InChI=1S/C18H20ClN3O3/c19-13-7-5-11(6-8-13)17-20-16(25-21-17)10-22-14-4-2-1-3-12(14)9-15(22)18(23)24/h5-8,12,14-15H,1-4,9-10H2,(H,23,24). The predicted octanol–water partition coefficient (Wildman–Crippen LogP) is 3.61. The first-order valence-electron chi connectivity index (χ1n) is 8.69. The fourth-order valence-corrected chi connectivity index (χ4v) is 4.34. The predicted molar refractivity (Wildman–Crippen MR) is 92.1 cm³/mol. The van der Waals surface area contributed by atoms with Crippen LogP contribution in [0.1, 0.15) is 38.0 Å². The number of halogens is 1. The molecule has 1 aliphatic heterocycles. The normalized spacial score (nSPS) is 26.5. The number of carboxylic acid groups (broad SMARTS) is 1. The van der Waals surface area contributed by atoms with Crippen molar-refractivity contribution in [2.75, 3.05) is 0 Å². The van der Waals surface area contributed by atoms with Crippen LogP contribution in [0.5, 0.6) is 0 Å². The quantitative estimate of drug-likeness (QED) is 0.896. The van der Waals surface area contributed by atoms with E-state index in [4.69, 9.17) is 16.1 Å². The molecule has 25 heavy (non-hydrogen) atoms. The Labute approximate surface area is 150 Å². The molecule has 1 aromatic heterocycles. The minimum atomic E-state index is -0.758. The highest BCUT2D eigenvalue weighted by atomic mass is 35.5. The third kappa shape index (κ3) is 3.28. The Morgan fingerprint density at radius 2 is 2.04 bits per heavy atom. The van der Waals surface area contributed by atoms with Crippen LogP contribution in [0.4, 0.5) is 0 Å². The van der Waals surface area contributed by atoms with Crippen LogP contribution in [-0.2, 0) is 11.3 Å². The molecule has 1 aromatic carbocycles. The molecule has 2 fully saturated rings. The van der Waals surface area contributed by atoms with Crippen molar-refractivity contribution in [3.8, 4) is 11.4 Å². The zero-order valence-electron chi connectivity index (χ0n) is 13.8. The molecule has 2 aliphatic rings. The minimum Gasteiger partial charge on any atom is -0.480 e. The van der Waals surface area contributed by atoms with E-state index in [-0.39, 0.29) is 0 Å². The van der Waals surface area contributed by atoms with Gasteiger partial charge >= 0.3 is 5.97 Å². The van der Waals surface area contributed by atoms with Crippen LogP contribution in [0.3, 0.4) is 0 Å². The van der Waals surface area contributed by atoms with Gasteiger partial charge in [0.25, 0.3) is 0 Å². The first kappa shape index (κ1) is 16.5. The molecule has 4 rings (SSSR count). The molecule has 1 aliphatic carbocycles. The summed E-state index contributed by atoms with van der Waals surface area (Å²) in [6.45, 7) is 0.388. The summed E-state index contributed by atoms with van der Waals surface area (Å²) < 4.78 is 5.39. The molecule has 3 atom stereocenters. The number of aliphatic carboxylic acids is 1. The van der Waals surface area contributed by atoms with Crippen molar-refractivity contribution in [2.45, 2.75) is 50.7 Å². The number of carboxylic acids is 1. The molecule has 0 spiro atoms. The Morgan fingerprint density at radius 1 is 1.28 bits per heavy atom. The van der Waals surface area contributed by atoms with Crippen molar-refractivity contribution < 1.29 is 14.4 Å². The molecular formula is C18H20ClN3O3. The monoisotopic (exact) mass is 361 g/mol. The van der Waals surface area contributed by atoms with Crippen LogP contribution < -0.4 is 0 Å². The lowest BCUT2D eigenvalue weighted by Gasteiger charge is -2.31. The summed E-state index contributed by atoms with van der Waals surface area (Å²) in [6.07, 6.45) is 5.24. The molecule has 6 nitrogen and oxygen atoms in total. The fraction of sp³-hybridized carbons (Fsp3) is 0.500. The Balaban J connectivity index is 1.54. The summed E-state index contributed by atoms with van der Waals surface area (Å²) in [6, 6.07) is 7.08. The second-order valence-electron chi connectivity index (χ2n) is 6.89. The highest BCUT2D eigenvalue weighted by Gasteiger charge is 2.45. The van der Waals surface area contributed by atoms with Gasteiger partial charge in [-0.3, -0.25) is 9.69 Å². The fourth-order valence-electron chi connectivity index (χ4n) is 4.21. The van der Waals surface area contributed by atoms with Crippen molar-refractivity contribution in [3.05, 3.63) is 35.2 Å². The van der Waals surface area contributed by atoms with Crippen LogP contribution in [0.2, 0.25) is 5.02 Å². The van der Waals surface area contributed by atoms with Gasteiger partial charge in [0.05, 0.1) is 6.54 Å². The Kier molecular flexibility index (Phi) is 4.48. The number of carbonyl (C=O) groups is 1. The van der Waals surface area contributed by atoms with Crippen LogP contribution >= 0.6 is 11.6 Å². The Bertz CT molecular complexity index is 761. The van der Waals surface area contributed by atoms with Crippen molar-refractivity contribution >= 4 is 17.6 Å². The molecule has 1 saturated heterocycles. The van der Waals surface area contributed by atoms with E-state index in [1.165, 1.54) is 6.42 Å². The maximum absolute atomic E-state index is 11.7. The topological polar surface area (TPSA) is 79.5 Å². The lowest BCUT2D eigenvalue weighted by atomic mass is 9.85. The maximum atomic E-state index is 11.7. The average Bonchev–Trinajstić information content (AvgIpc) is 3.21. The summed E-state index contributed by atoms with van der Waals surface area (Å²) >= 11 is 5.90. The summed E-state index contributed by atoms with van der Waals surface area (Å²) in [7, 11) is 0. The van der Waals surface area contributed by atoms with Crippen LogP contribution in [0.25, 0.3) is 11.4 Å².